The van der Waals surface area contributed by atoms with Gasteiger partial charge in [0.25, 0.3) is 5.91 Å². The van der Waals surface area contributed by atoms with E-state index in [0.717, 1.165) is 44.6 Å². The number of rotatable bonds is 4. The van der Waals surface area contributed by atoms with Gasteiger partial charge in [-0.15, -0.1) is 0 Å². The van der Waals surface area contributed by atoms with E-state index in [1.54, 1.807) is 6.07 Å². The Labute approximate surface area is 144 Å². The van der Waals surface area contributed by atoms with Gasteiger partial charge in [0.2, 0.25) is 0 Å². The summed E-state index contributed by atoms with van der Waals surface area (Å²) in [6, 6.07) is 3.65. The van der Waals surface area contributed by atoms with Crippen molar-refractivity contribution in [1.82, 2.24) is 9.80 Å². The highest BCUT2D eigenvalue weighted by Crippen LogP contribution is 2.43. The topological polar surface area (TPSA) is 53.0 Å². The molecule has 24 heavy (non-hydrogen) atoms. The van der Waals surface area contributed by atoms with Crippen LogP contribution in [0.5, 0.6) is 11.5 Å². The predicted molar refractivity (Wildman–Crippen MR) is 93.7 cm³/mol. The van der Waals surface area contributed by atoms with Crippen molar-refractivity contribution >= 4 is 5.91 Å². The third-order valence-electron chi connectivity index (χ3n) is 5.12. The van der Waals surface area contributed by atoms with Gasteiger partial charge in [-0.1, -0.05) is 13.0 Å². The minimum absolute atomic E-state index is 0.00259. The summed E-state index contributed by atoms with van der Waals surface area (Å²) >= 11 is 0. The standard InChI is InChI=1S/C19H28N2O3/c1-5-20(4)11-13-8-9-21(12-13)18(23)15-7-6-14-10-19(2,3)24-17(14)16(15)22/h6-7,13,22H,5,8-12H2,1-4H3/t13-/m1/s1. The number of fused-ring (bicyclic) bond motifs is 1. The summed E-state index contributed by atoms with van der Waals surface area (Å²) in [4.78, 5) is 17.0. The second-order valence-corrected chi connectivity index (χ2v) is 7.75. The van der Waals surface area contributed by atoms with Gasteiger partial charge in [0.05, 0.1) is 5.56 Å². The van der Waals surface area contributed by atoms with Gasteiger partial charge in [-0.25, -0.2) is 0 Å². The van der Waals surface area contributed by atoms with Crippen LogP contribution in [0.2, 0.25) is 0 Å². The molecule has 1 fully saturated rings. The highest BCUT2D eigenvalue weighted by molar-refractivity contribution is 5.98. The first kappa shape index (κ1) is 17.1. The number of amides is 1. The van der Waals surface area contributed by atoms with Gasteiger partial charge in [0.15, 0.2) is 11.5 Å². The smallest absolute Gasteiger partial charge is 0.257 e. The Bertz CT molecular complexity index is 642. The summed E-state index contributed by atoms with van der Waals surface area (Å²) in [6.45, 7) is 9.65. The Morgan fingerprint density at radius 2 is 2.21 bits per heavy atom. The van der Waals surface area contributed by atoms with Crippen molar-refractivity contribution in [1.29, 1.82) is 0 Å². The summed E-state index contributed by atoms with van der Waals surface area (Å²) in [5.74, 6) is 0.889. The molecular weight excluding hydrogens is 304 g/mol. The van der Waals surface area contributed by atoms with Crippen LogP contribution in [0.1, 0.15) is 43.1 Å². The van der Waals surface area contributed by atoms with Gasteiger partial charge in [0, 0.05) is 31.6 Å². The summed E-state index contributed by atoms with van der Waals surface area (Å²) in [5.41, 5.74) is 0.999. The first-order valence-corrected chi connectivity index (χ1v) is 8.82. The van der Waals surface area contributed by atoms with Crippen molar-refractivity contribution in [2.75, 3.05) is 33.2 Å². The van der Waals surface area contributed by atoms with Crippen molar-refractivity contribution in [3.05, 3.63) is 23.3 Å². The molecule has 1 amide bonds. The van der Waals surface area contributed by atoms with Gasteiger partial charge in [0.1, 0.15) is 5.60 Å². The molecule has 1 aromatic carbocycles. The Hall–Kier alpha value is -1.75. The van der Waals surface area contributed by atoms with E-state index < -0.39 is 0 Å². The maximum absolute atomic E-state index is 12.8. The van der Waals surface area contributed by atoms with Crippen LogP contribution in [0.4, 0.5) is 0 Å². The number of aromatic hydroxyl groups is 1. The predicted octanol–water partition coefficient (Wildman–Crippen LogP) is 2.52. The molecule has 0 saturated carbocycles. The number of hydrogen-bond donors (Lipinski definition) is 1. The maximum Gasteiger partial charge on any atom is 0.257 e. The third kappa shape index (κ3) is 3.22. The van der Waals surface area contributed by atoms with Crippen molar-refractivity contribution in [3.8, 4) is 11.5 Å². The van der Waals surface area contributed by atoms with Crippen LogP contribution in [-0.4, -0.2) is 59.6 Å². The van der Waals surface area contributed by atoms with E-state index in [9.17, 15) is 9.90 Å². The number of hydrogen-bond acceptors (Lipinski definition) is 4. The lowest BCUT2D eigenvalue weighted by Crippen LogP contribution is -2.31. The number of phenolic OH excluding ortho intramolecular Hbond substituents is 1. The fourth-order valence-corrected chi connectivity index (χ4v) is 3.72. The molecule has 2 aliphatic heterocycles. The molecule has 1 atom stereocenters. The minimum atomic E-state index is -0.328. The number of likely N-dealkylation sites (tertiary alicyclic amines) is 1. The van der Waals surface area contributed by atoms with Crippen LogP contribution in [-0.2, 0) is 6.42 Å². The molecule has 132 valence electrons. The average Bonchev–Trinajstić information content (AvgIpc) is 3.10. The van der Waals surface area contributed by atoms with Crippen molar-refractivity contribution in [2.45, 2.75) is 39.2 Å². The molecule has 0 aliphatic carbocycles. The van der Waals surface area contributed by atoms with Crippen LogP contribution in [0, 0.1) is 5.92 Å². The molecule has 0 unspecified atom stereocenters. The number of phenols is 1. The first-order chi connectivity index (χ1) is 11.3. The van der Waals surface area contributed by atoms with Crippen LogP contribution in [0.25, 0.3) is 0 Å². The van der Waals surface area contributed by atoms with Gasteiger partial charge in [-0.2, -0.15) is 0 Å². The molecule has 1 aromatic rings. The SMILES string of the molecule is CCN(C)C[C@H]1CCN(C(=O)c2ccc3c(c2O)OC(C)(C)C3)C1. The number of nitrogens with zero attached hydrogens (tertiary/aromatic N) is 2. The van der Waals surface area contributed by atoms with Crippen molar-refractivity contribution in [2.24, 2.45) is 5.92 Å². The zero-order valence-corrected chi connectivity index (χ0v) is 15.1. The fourth-order valence-electron chi connectivity index (χ4n) is 3.72. The van der Waals surface area contributed by atoms with Gasteiger partial charge in [-0.05, 0) is 45.8 Å². The summed E-state index contributed by atoms with van der Waals surface area (Å²) < 4.78 is 5.84. The van der Waals surface area contributed by atoms with Gasteiger partial charge in [-0.3, -0.25) is 4.79 Å². The maximum atomic E-state index is 12.8. The zero-order valence-electron chi connectivity index (χ0n) is 15.1. The van der Waals surface area contributed by atoms with E-state index >= 15 is 0 Å². The van der Waals surface area contributed by atoms with Gasteiger partial charge < -0.3 is 19.6 Å². The van der Waals surface area contributed by atoms with Crippen molar-refractivity contribution in [3.63, 3.8) is 0 Å². The minimum Gasteiger partial charge on any atom is -0.504 e. The Balaban J connectivity index is 1.73. The van der Waals surface area contributed by atoms with Crippen LogP contribution >= 0.6 is 0 Å². The van der Waals surface area contributed by atoms with E-state index in [0.29, 0.717) is 17.2 Å². The second-order valence-electron chi connectivity index (χ2n) is 7.75. The lowest BCUT2D eigenvalue weighted by molar-refractivity contribution is 0.0779. The van der Waals surface area contributed by atoms with E-state index in [4.69, 9.17) is 4.74 Å². The second kappa shape index (κ2) is 6.28. The molecule has 2 aliphatic rings. The van der Waals surface area contributed by atoms with Crippen LogP contribution in [0.3, 0.4) is 0 Å². The largest absolute Gasteiger partial charge is 0.504 e. The van der Waals surface area contributed by atoms with Crippen molar-refractivity contribution < 1.29 is 14.6 Å². The first-order valence-electron chi connectivity index (χ1n) is 8.82. The molecule has 5 nitrogen and oxygen atoms in total. The number of ether oxygens (including phenoxy) is 1. The monoisotopic (exact) mass is 332 g/mol. The molecule has 0 spiro atoms. The normalized spacial score (nSPS) is 21.9. The van der Waals surface area contributed by atoms with E-state index in [1.165, 1.54) is 0 Å². The Kier molecular flexibility index (Phi) is 4.47. The quantitative estimate of drug-likeness (QED) is 0.920. The summed E-state index contributed by atoms with van der Waals surface area (Å²) in [7, 11) is 2.11. The van der Waals surface area contributed by atoms with Gasteiger partial charge >= 0.3 is 0 Å². The average molecular weight is 332 g/mol. The van der Waals surface area contributed by atoms with Crippen LogP contribution < -0.4 is 4.74 Å². The fraction of sp³-hybridized carbons (Fsp3) is 0.632. The molecule has 1 saturated heterocycles. The van der Waals surface area contributed by atoms with E-state index in [2.05, 4.69) is 18.9 Å². The highest BCUT2D eigenvalue weighted by Gasteiger charge is 2.35. The molecule has 0 radical (unpaired) electrons. The molecule has 1 N–H and O–H groups in total. The molecule has 5 heteroatoms. The number of benzene rings is 1. The lowest BCUT2D eigenvalue weighted by atomic mass is 10.00. The molecular formula is C19H28N2O3. The Morgan fingerprint density at radius 3 is 2.92 bits per heavy atom. The molecule has 0 aromatic heterocycles. The number of carbonyl (C=O) groups is 1. The number of carbonyl (C=O) groups excluding carboxylic acids is 1. The van der Waals surface area contributed by atoms with E-state index in [-0.39, 0.29) is 17.3 Å². The van der Waals surface area contributed by atoms with E-state index in [1.807, 2.05) is 24.8 Å². The molecule has 2 heterocycles. The molecule has 3 rings (SSSR count). The zero-order chi connectivity index (χ0) is 17.5. The summed E-state index contributed by atoms with van der Waals surface area (Å²) in [5, 5.41) is 10.5. The lowest BCUT2D eigenvalue weighted by Gasteiger charge is -2.21. The Morgan fingerprint density at radius 1 is 1.46 bits per heavy atom. The summed E-state index contributed by atoms with van der Waals surface area (Å²) in [6.07, 6.45) is 1.77. The van der Waals surface area contributed by atoms with Crippen LogP contribution in [0.15, 0.2) is 12.1 Å². The molecule has 0 bridgehead atoms. The highest BCUT2D eigenvalue weighted by atomic mass is 16.5. The third-order valence-corrected chi connectivity index (χ3v) is 5.12.